The molecule has 0 bridgehead atoms. The second kappa shape index (κ2) is 71.1. The summed E-state index contributed by atoms with van der Waals surface area (Å²) >= 11 is 0. The molecule has 0 spiro atoms. The number of phosphoric ester groups is 2. The molecule has 576 valence electrons. The van der Waals surface area contributed by atoms with Gasteiger partial charge in [-0.25, -0.2) is 9.13 Å². The van der Waals surface area contributed by atoms with Crippen molar-refractivity contribution in [3.63, 3.8) is 0 Å². The minimum atomic E-state index is -4.96. The fourth-order valence-electron chi connectivity index (χ4n) is 12.0. The summed E-state index contributed by atoms with van der Waals surface area (Å²) in [6, 6.07) is 0. The van der Waals surface area contributed by atoms with Gasteiger partial charge in [-0.15, -0.1) is 0 Å². The Hall–Kier alpha value is -1.94. The molecule has 0 aromatic carbocycles. The Balaban J connectivity index is 5.18. The Morgan fingerprint density at radius 1 is 0.289 bits per heavy atom. The van der Waals surface area contributed by atoms with E-state index in [1.54, 1.807) is 0 Å². The van der Waals surface area contributed by atoms with E-state index in [4.69, 9.17) is 37.0 Å². The van der Waals surface area contributed by atoms with E-state index in [1.807, 2.05) is 0 Å². The molecule has 0 aromatic heterocycles. The van der Waals surface area contributed by atoms with E-state index in [0.29, 0.717) is 25.7 Å². The SMILES string of the molecule is CCCCCCCCCCCCCCCCCCCCCCCCC(=O)O[C@H](COC(=O)CCCCCCCCCCCCCCC)COP(=O)(O)OC[C@@H](O)COP(=O)(O)OC[C@@H](COC(=O)CCCCCCCCCCCC)OC(=O)CCCCCCCCCCC(C)CC. The molecular formula is C78H152O17P2. The topological polar surface area (TPSA) is 237 Å². The summed E-state index contributed by atoms with van der Waals surface area (Å²) in [5, 5.41) is 10.6. The predicted octanol–water partition coefficient (Wildman–Crippen LogP) is 23.3. The van der Waals surface area contributed by atoms with E-state index in [9.17, 15) is 43.2 Å². The molecule has 0 saturated heterocycles. The molecule has 0 aliphatic rings. The van der Waals surface area contributed by atoms with Gasteiger partial charge in [-0.3, -0.25) is 37.3 Å². The van der Waals surface area contributed by atoms with Gasteiger partial charge in [-0.05, 0) is 31.6 Å². The van der Waals surface area contributed by atoms with E-state index in [1.165, 1.54) is 238 Å². The fourth-order valence-corrected chi connectivity index (χ4v) is 13.6. The van der Waals surface area contributed by atoms with Gasteiger partial charge in [0.05, 0.1) is 26.4 Å². The Labute approximate surface area is 594 Å². The average Bonchev–Trinajstić information content (AvgIpc) is 1.39. The smallest absolute Gasteiger partial charge is 0.462 e. The van der Waals surface area contributed by atoms with Crippen LogP contribution in [0.25, 0.3) is 0 Å². The lowest BCUT2D eigenvalue weighted by Crippen LogP contribution is -2.30. The van der Waals surface area contributed by atoms with Crippen LogP contribution in [-0.2, 0) is 65.4 Å². The Bertz CT molecular complexity index is 1860. The number of carbonyl (C=O) groups is 4. The van der Waals surface area contributed by atoms with E-state index in [2.05, 4.69) is 34.6 Å². The number of unbranched alkanes of at least 4 members (excludes halogenated alkanes) is 49. The number of rotatable bonds is 78. The summed E-state index contributed by atoms with van der Waals surface area (Å²) in [5.74, 6) is -1.34. The van der Waals surface area contributed by atoms with Gasteiger partial charge in [0, 0.05) is 25.7 Å². The molecule has 0 heterocycles. The number of esters is 4. The second-order valence-corrected chi connectivity index (χ2v) is 31.3. The van der Waals surface area contributed by atoms with Crippen LogP contribution in [0.5, 0.6) is 0 Å². The number of hydrogen-bond acceptors (Lipinski definition) is 15. The molecular weight excluding hydrogens is 1270 g/mol. The van der Waals surface area contributed by atoms with Crippen LogP contribution in [0.2, 0.25) is 0 Å². The zero-order chi connectivity index (χ0) is 71.2. The molecule has 97 heavy (non-hydrogen) atoms. The molecule has 19 heteroatoms. The monoisotopic (exact) mass is 1420 g/mol. The number of phosphoric acid groups is 2. The summed E-state index contributed by atoms with van der Waals surface area (Å²) in [6.45, 7) is 7.29. The predicted molar refractivity (Wildman–Crippen MR) is 395 cm³/mol. The number of aliphatic hydroxyl groups is 1. The van der Waals surface area contributed by atoms with Crippen molar-refractivity contribution >= 4 is 39.5 Å². The molecule has 17 nitrogen and oxygen atoms in total. The molecule has 0 aliphatic carbocycles. The lowest BCUT2D eigenvalue weighted by atomic mass is 9.99. The maximum absolute atomic E-state index is 13.1. The lowest BCUT2D eigenvalue weighted by molar-refractivity contribution is -0.161. The van der Waals surface area contributed by atoms with Gasteiger partial charge in [0.25, 0.3) is 0 Å². The Morgan fingerprint density at radius 3 is 0.732 bits per heavy atom. The first-order valence-electron chi connectivity index (χ1n) is 40.7. The van der Waals surface area contributed by atoms with Gasteiger partial charge in [0.2, 0.25) is 0 Å². The largest absolute Gasteiger partial charge is 0.472 e. The molecule has 0 rings (SSSR count). The first-order valence-corrected chi connectivity index (χ1v) is 43.7. The van der Waals surface area contributed by atoms with Gasteiger partial charge >= 0.3 is 39.5 Å². The minimum absolute atomic E-state index is 0.106. The molecule has 0 aromatic rings. The van der Waals surface area contributed by atoms with Crippen LogP contribution in [-0.4, -0.2) is 96.7 Å². The van der Waals surface area contributed by atoms with Crippen molar-refractivity contribution in [2.45, 2.75) is 432 Å². The maximum atomic E-state index is 13.1. The highest BCUT2D eigenvalue weighted by atomic mass is 31.2. The van der Waals surface area contributed by atoms with E-state index in [-0.39, 0.29) is 25.7 Å². The van der Waals surface area contributed by atoms with Crippen LogP contribution < -0.4 is 0 Å². The average molecular weight is 1420 g/mol. The number of carbonyl (C=O) groups excluding carboxylic acids is 4. The standard InChI is InChI=1S/C78H152O17P2/c1-6-10-13-16-19-22-25-27-28-29-30-31-32-33-34-35-37-39-42-48-53-58-63-77(82)94-73(67-89-76(81)62-57-52-47-41-38-36-26-23-20-17-14-11-7-2)69-92-96(84,85)90-65-72(79)66-91-97(86,87)93-70-74(68-88-75(80)61-56-51-46-40-24-21-18-15-12-8-3)95-78(83)64-59-54-49-44-43-45-50-55-60-71(5)9-4/h71-74,79H,6-70H2,1-5H3,(H,84,85)(H,86,87)/t71?,72-,73-,74-/m1/s1. The summed E-state index contributed by atoms with van der Waals surface area (Å²) < 4.78 is 68.6. The quantitative estimate of drug-likeness (QED) is 0.0222. The van der Waals surface area contributed by atoms with E-state index in [0.717, 1.165) is 95.8 Å². The van der Waals surface area contributed by atoms with Crippen molar-refractivity contribution in [2.75, 3.05) is 39.6 Å². The number of ether oxygens (including phenoxy) is 4. The minimum Gasteiger partial charge on any atom is -0.462 e. The van der Waals surface area contributed by atoms with Crippen molar-refractivity contribution in [1.82, 2.24) is 0 Å². The van der Waals surface area contributed by atoms with Crippen LogP contribution in [0.4, 0.5) is 0 Å². The van der Waals surface area contributed by atoms with Crippen molar-refractivity contribution in [3.05, 3.63) is 0 Å². The van der Waals surface area contributed by atoms with Gasteiger partial charge < -0.3 is 33.8 Å². The van der Waals surface area contributed by atoms with Crippen molar-refractivity contribution in [2.24, 2.45) is 5.92 Å². The second-order valence-electron chi connectivity index (χ2n) is 28.3. The maximum Gasteiger partial charge on any atom is 0.472 e. The third kappa shape index (κ3) is 70.9. The summed E-state index contributed by atoms with van der Waals surface area (Å²) in [7, 11) is -9.91. The zero-order valence-corrected chi connectivity index (χ0v) is 65.0. The lowest BCUT2D eigenvalue weighted by Gasteiger charge is -2.21. The molecule has 0 fully saturated rings. The van der Waals surface area contributed by atoms with E-state index >= 15 is 0 Å². The van der Waals surface area contributed by atoms with Crippen LogP contribution >= 0.6 is 15.6 Å². The highest BCUT2D eigenvalue weighted by molar-refractivity contribution is 7.47. The molecule has 0 aliphatic heterocycles. The molecule has 0 saturated carbocycles. The summed E-state index contributed by atoms with van der Waals surface area (Å²) in [5.41, 5.74) is 0. The van der Waals surface area contributed by atoms with Crippen molar-refractivity contribution in [1.29, 1.82) is 0 Å². The highest BCUT2D eigenvalue weighted by Crippen LogP contribution is 2.45. The normalized spacial score (nSPS) is 14.2. The summed E-state index contributed by atoms with van der Waals surface area (Å²) in [4.78, 5) is 72.8. The van der Waals surface area contributed by atoms with Crippen molar-refractivity contribution in [3.8, 4) is 0 Å². The van der Waals surface area contributed by atoms with Crippen LogP contribution in [0.3, 0.4) is 0 Å². The fraction of sp³-hybridized carbons (Fsp3) is 0.949. The molecule has 6 atom stereocenters. The molecule has 3 N–H and O–H groups in total. The van der Waals surface area contributed by atoms with Crippen LogP contribution in [0, 0.1) is 5.92 Å². The van der Waals surface area contributed by atoms with E-state index < -0.39 is 97.5 Å². The Kier molecular flexibility index (Phi) is 69.6. The Morgan fingerprint density at radius 2 is 0.495 bits per heavy atom. The van der Waals surface area contributed by atoms with Gasteiger partial charge in [0.15, 0.2) is 12.2 Å². The first-order chi connectivity index (χ1) is 47.1. The van der Waals surface area contributed by atoms with Gasteiger partial charge in [0.1, 0.15) is 19.3 Å². The number of hydrogen-bond donors (Lipinski definition) is 3. The van der Waals surface area contributed by atoms with Crippen LogP contribution in [0.1, 0.15) is 413 Å². The summed E-state index contributed by atoms with van der Waals surface area (Å²) in [6.07, 6.45) is 61.1. The van der Waals surface area contributed by atoms with Gasteiger partial charge in [-0.2, -0.15) is 0 Å². The zero-order valence-electron chi connectivity index (χ0n) is 63.2. The molecule has 3 unspecified atom stereocenters. The third-order valence-corrected chi connectivity index (χ3v) is 20.5. The van der Waals surface area contributed by atoms with Crippen molar-refractivity contribution < 1.29 is 80.2 Å². The molecule has 0 amide bonds. The number of aliphatic hydroxyl groups excluding tert-OH is 1. The van der Waals surface area contributed by atoms with Crippen LogP contribution in [0.15, 0.2) is 0 Å². The molecule has 0 radical (unpaired) electrons. The third-order valence-electron chi connectivity index (χ3n) is 18.6. The first kappa shape index (κ1) is 95.1. The highest BCUT2D eigenvalue weighted by Gasteiger charge is 2.30. The van der Waals surface area contributed by atoms with Gasteiger partial charge in [-0.1, -0.05) is 362 Å².